The van der Waals surface area contributed by atoms with Crippen LogP contribution in [0.3, 0.4) is 0 Å². The van der Waals surface area contributed by atoms with Crippen LogP contribution in [0, 0.1) is 0 Å². The monoisotopic (exact) mass is 1460 g/mol. The van der Waals surface area contributed by atoms with Crippen molar-refractivity contribution in [2.24, 2.45) is 0 Å². The number of halogens is 5. The van der Waals surface area contributed by atoms with E-state index in [0.29, 0.717) is 92.4 Å². The van der Waals surface area contributed by atoms with Crippen LogP contribution in [0.1, 0.15) is 117 Å². The number of methoxy groups -OCH3 is 3. The normalized spacial score (nSPS) is 14.2. The highest BCUT2D eigenvalue weighted by Gasteiger charge is 2.25. The second-order valence-electron chi connectivity index (χ2n) is 23.5. The number of aromatic nitrogens is 9. The van der Waals surface area contributed by atoms with Crippen LogP contribution in [0.4, 0.5) is 58.7 Å². The molecule has 6 heterocycles. The molecule has 0 aliphatic carbocycles. The molecule has 98 heavy (non-hydrogen) atoms. The van der Waals surface area contributed by atoms with Crippen molar-refractivity contribution in [2.75, 3.05) is 165 Å². The Morgan fingerprint density at radius 2 is 0.837 bits per heavy atom. The second kappa shape index (κ2) is 47.8. The minimum atomic E-state index is 0. The van der Waals surface area contributed by atoms with Crippen molar-refractivity contribution in [1.82, 2.24) is 65.3 Å². The fourth-order valence-electron chi connectivity index (χ4n) is 10.3. The zero-order valence-electron chi connectivity index (χ0n) is 57.8. The van der Waals surface area contributed by atoms with Gasteiger partial charge < -0.3 is 86.3 Å². The van der Waals surface area contributed by atoms with Crippen molar-refractivity contribution in [3.8, 4) is 17.2 Å². The van der Waals surface area contributed by atoms with E-state index in [9.17, 15) is 0 Å². The maximum Gasteiger partial charge on any atom is 0.233 e. The summed E-state index contributed by atoms with van der Waals surface area (Å²) in [5, 5.41) is 50.4. The van der Waals surface area contributed by atoms with Crippen molar-refractivity contribution in [3.63, 3.8) is 0 Å². The molecule has 9 rings (SSSR count). The lowest BCUT2D eigenvalue weighted by atomic mass is 10.0. The van der Waals surface area contributed by atoms with E-state index in [1.54, 1.807) is 63.8 Å². The van der Waals surface area contributed by atoms with Gasteiger partial charge in [0.2, 0.25) is 52.2 Å². The van der Waals surface area contributed by atoms with E-state index in [2.05, 4.69) is 130 Å². The molecule has 3 aromatic carbocycles. The molecule has 3 aromatic heterocycles. The van der Waals surface area contributed by atoms with E-state index >= 15 is 0 Å². The van der Waals surface area contributed by atoms with Crippen molar-refractivity contribution in [2.45, 2.75) is 135 Å². The van der Waals surface area contributed by atoms with Crippen LogP contribution in [0.5, 0.6) is 17.2 Å². The zero-order valence-corrected chi connectivity index (χ0v) is 61.6. The Balaban J connectivity index is 0.000000285. The Labute approximate surface area is 605 Å². The summed E-state index contributed by atoms with van der Waals surface area (Å²) in [5.74, 6) is 5.25. The number of aliphatic hydroxyl groups is 3. The van der Waals surface area contributed by atoms with Crippen molar-refractivity contribution in [1.29, 1.82) is 0 Å². The number of nitrogens with zero attached hydrogens (tertiary/aromatic N) is 13. The van der Waals surface area contributed by atoms with Gasteiger partial charge in [-0.05, 0) is 222 Å². The van der Waals surface area contributed by atoms with Crippen LogP contribution in [-0.2, 0) is 0 Å². The first-order chi connectivity index (χ1) is 46.9. The smallest absolute Gasteiger partial charge is 0.233 e. The molecule has 3 saturated heterocycles. The van der Waals surface area contributed by atoms with Crippen LogP contribution in [-0.4, -0.2) is 217 Å². The summed E-state index contributed by atoms with van der Waals surface area (Å²) in [6.07, 6.45) is 16.9. The third-order valence-electron chi connectivity index (χ3n) is 16.1. The fraction of sp³-hybridized carbons (Fsp3) is 0.597. The number of nitrogens with one attached hydrogen (secondary N) is 7. The first-order valence-electron chi connectivity index (χ1n) is 33.3. The lowest BCUT2D eigenvalue weighted by Gasteiger charge is -2.35. The minimum absolute atomic E-state index is 0. The number of piperidine rings is 3. The molecule has 0 amide bonds. The van der Waals surface area contributed by atoms with Gasteiger partial charge in [-0.25, -0.2) is 0 Å². The Bertz CT molecular complexity index is 3150. The number of ether oxygens (including phenoxy) is 3. The summed E-state index contributed by atoms with van der Waals surface area (Å²) in [6, 6.07) is 17.6. The van der Waals surface area contributed by atoms with Gasteiger partial charge in [0.1, 0.15) is 17.2 Å². The molecule has 0 saturated carbocycles. The highest BCUT2D eigenvalue weighted by molar-refractivity contribution is 6.33. The predicted octanol–water partition coefficient (Wildman–Crippen LogP) is 12.5. The van der Waals surface area contributed by atoms with Gasteiger partial charge in [0.05, 0.1) is 36.4 Å². The van der Waals surface area contributed by atoms with Gasteiger partial charge in [0, 0.05) is 82.2 Å². The number of likely N-dealkylation sites (tertiary alicyclic amines) is 2. The van der Waals surface area contributed by atoms with Crippen LogP contribution >= 0.6 is 58.0 Å². The largest absolute Gasteiger partial charge is 0.495 e. The first-order valence-corrected chi connectivity index (χ1v) is 35.2. The molecule has 31 heteroatoms. The molecule has 3 aliphatic rings. The van der Waals surface area contributed by atoms with Crippen LogP contribution in [0.2, 0.25) is 25.6 Å². The van der Waals surface area contributed by atoms with Crippen LogP contribution in [0.25, 0.3) is 0 Å². The van der Waals surface area contributed by atoms with Gasteiger partial charge in [-0.3, -0.25) is 0 Å². The van der Waals surface area contributed by atoms with Crippen molar-refractivity contribution >= 4 is 117 Å². The first kappa shape index (κ1) is 84.3. The van der Waals surface area contributed by atoms with Gasteiger partial charge in [-0.15, -0.1) is 0 Å². The lowest BCUT2D eigenvalue weighted by Crippen LogP contribution is -2.42. The third-order valence-corrected chi connectivity index (χ3v) is 17.4. The molecular weight excluding hydrogens is 1360 g/mol. The molecule has 0 radical (unpaired) electrons. The average molecular weight is 1470 g/mol. The lowest BCUT2D eigenvalue weighted by molar-refractivity contribution is 0.240. The number of hydrogen-bond acceptors (Lipinski definition) is 26. The molecule has 0 bridgehead atoms. The van der Waals surface area contributed by atoms with E-state index in [-0.39, 0.29) is 37.2 Å². The number of unbranched alkanes of at least 4 members (excludes halogenated alkanes) is 7. The van der Waals surface area contributed by atoms with E-state index in [1.807, 2.05) is 26.2 Å². The number of benzene rings is 3. The highest BCUT2D eigenvalue weighted by atomic mass is 35.5. The Morgan fingerprint density at radius 3 is 1.19 bits per heavy atom. The zero-order chi connectivity index (χ0) is 70.3. The summed E-state index contributed by atoms with van der Waals surface area (Å²) in [7, 11) is 15.2. The molecule has 0 atom stereocenters. The number of anilines is 10. The van der Waals surface area contributed by atoms with Crippen molar-refractivity contribution < 1.29 is 29.5 Å². The van der Waals surface area contributed by atoms with Crippen LogP contribution in [0.15, 0.2) is 54.6 Å². The molecule has 546 valence electrons. The average Bonchev–Trinajstić information content (AvgIpc) is 0.843. The molecule has 0 spiro atoms. The van der Waals surface area contributed by atoms with Gasteiger partial charge in [0.25, 0.3) is 0 Å². The molecule has 26 nitrogen and oxygen atoms in total. The molecule has 6 aromatic rings. The topological polar surface area (TPSA) is 302 Å². The summed E-state index contributed by atoms with van der Waals surface area (Å²) >= 11 is 29.8. The summed E-state index contributed by atoms with van der Waals surface area (Å²) in [4.78, 5) is 48.2. The minimum Gasteiger partial charge on any atom is -0.495 e. The number of rotatable bonds is 30. The Hall–Kier alpha value is -6.14. The highest BCUT2D eigenvalue weighted by Crippen LogP contribution is 2.32. The molecule has 3 aliphatic heterocycles. The van der Waals surface area contributed by atoms with Gasteiger partial charge >= 0.3 is 0 Å². The summed E-state index contributed by atoms with van der Waals surface area (Å²) in [5.41, 5.74) is 2.21. The molecule has 3 fully saturated rings. The number of hydrogen-bond donors (Lipinski definition) is 10. The van der Waals surface area contributed by atoms with Gasteiger partial charge in [0.15, 0.2) is 0 Å². The summed E-state index contributed by atoms with van der Waals surface area (Å²) < 4.78 is 15.5. The third kappa shape index (κ3) is 31.2. The Morgan fingerprint density at radius 1 is 0.480 bits per heavy atom. The molecular formula is C67H107Cl5N20O6. The SMILES string of the molecule is C.CCCCCCO.CNC1CCN(C)CC1.COc1ccc(Nc2nc(Cl)nc(Cl)n2)cc1Cl.COc1ccc(Nc2nc(NCCCCCO)nc(N(C)C3CCN(C)CC3)n2)cc1Cl.COc1ccc(Nc2nc(NCCCCCO)nc(N(C)C3CCNCC3)n2)cc1Cl. The maximum absolute atomic E-state index is 8.96. The van der Waals surface area contributed by atoms with E-state index in [0.717, 1.165) is 127 Å². The van der Waals surface area contributed by atoms with Crippen LogP contribution < -0.4 is 61.2 Å². The van der Waals surface area contributed by atoms with E-state index in [4.69, 9.17) is 87.5 Å². The Kier molecular flexibility index (Phi) is 41.1. The number of aliphatic hydroxyl groups excluding tert-OH is 3. The molecule has 0 unspecified atom stereocenters. The van der Waals surface area contributed by atoms with Gasteiger partial charge in [-0.2, -0.15) is 44.9 Å². The van der Waals surface area contributed by atoms with Gasteiger partial charge in [-0.1, -0.05) is 68.4 Å². The fourth-order valence-corrected chi connectivity index (χ4v) is 11.4. The quantitative estimate of drug-likeness (QED) is 0.0187. The standard InChI is InChI=1S/C22H34ClN7O2.C21H32ClN7O2.C10H7Cl3N4O.C7H16N2.C6H14O.CH4/c1-29-12-9-17(10-13-29)30(2)22-27-20(24-11-5-4-6-14-31)26-21(28-22)25-16-7-8-19(32-3)18(23)15-16;1-29(16-8-11-23-12-9-16)21-27-19(24-10-4-3-5-13-30)26-20(28-21)25-15-6-7-18(31-2)17(22)14-15;1-18-7-3-2-5(4-6(7)11)14-10-16-8(12)15-9(13)17-10;1-8-7-3-5-9(2)6-4-7;1-2-3-4-5-6-7;/h7-8,15,17,31H,4-6,9-14H2,1-3H3,(H2,24,25,26,27,28);6-7,14,16,23,30H,3-5,8-13H2,1-2H3,(H2,24,25,26,27,28);2-4H,1H3,(H,14,15,16,17);7-8H,3-6H2,1-2H3;7H,2-6H2,1H3;1H4. The van der Waals surface area contributed by atoms with E-state index < -0.39 is 0 Å². The summed E-state index contributed by atoms with van der Waals surface area (Å²) in [6.45, 7) is 11.0. The molecule has 10 N–H and O–H groups in total. The second-order valence-corrected chi connectivity index (χ2v) is 25.4. The van der Waals surface area contributed by atoms with E-state index in [1.165, 1.54) is 45.2 Å². The van der Waals surface area contributed by atoms with Crippen molar-refractivity contribution in [3.05, 3.63) is 80.2 Å². The maximum atomic E-state index is 8.96. The predicted molar refractivity (Wildman–Crippen MR) is 403 cm³/mol.